The van der Waals surface area contributed by atoms with Gasteiger partial charge in [0.1, 0.15) is 0 Å². The van der Waals surface area contributed by atoms with Crippen molar-refractivity contribution >= 4 is 47.3 Å². The number of benzene rings is 4. The minimum atomic E-state index is -1.55. The number of carbonyl (C=O) groups is 8. The van der Waals surface area contributed by atoms with Crippen LogP contribution in [-0.2, 0) is 18.9 Å². The van der Waals surface area contributed by atoms with Gasteiger partial charge in [-0.2, -0.15) is 0 Å². The summed E-state index contributed by atoms with van der Waals surface area (Å²) in [6.45, 7) is -5.97. The molecule has 0 spiro atoms. The molecule has 4 aromatic rings. The van der Waals surface area contributed by atoms with Gasteiger partial charge in [0, 0.05) is 22.3 Å². The standard InChI is InChI=1S/C57H48N4O16.CH4/c1-5-33-9-13-41-45(17-33)53(70)58(49(41)66)21-37(62)25-74-29-57(30-75-26-38(63)22-59-50(67)42-14-10-34(6-2)18-46(42)54(59)71,31-76-27-39(64)23-60-51(68)43-15-11-35(7-3)19-47(43)55(60)72)32-77-28-40(65)24-61-52(69)44-16-12-36(8-4)20-48(44)56(61)73;/h1-4,9-20,37-40,62-65H,21-32H2;1H4. The number of aliphatic hydroxyl groups is 4. The number of nitrogens with zero attached hydrogens (tertiary/aromatic N) is 4. The van der Waals surface area contributed by atoms with E-state index in [-0.39, 0.29) is 51.9 Å². The molecule has 0 bridgehead atoms. The number of fused-ring (bicyclic) bond motifs is 4. The minimum absolute atomic E-state index is 0. The van der Waals surface area contributed by atoms with Gasteiger partial charge in [-0.1, -0.05) is 31.1 Å². The highest BCUT2D eigenvalue weighted by atomic mass is 16.5. The predicted octanol–water partition coefficient (Wildman–Crippen LogP) is 1.23. The molecule has 8 amide bonds. The number of rotatable bonds is 24. The second-order valence-corrected chi connectivity index (χ2v) is 18.7. The maximum atomic E-state index is 13.3. The molecule has 8 rings (SSSR count). The van der Waals surface area contributed by atoms with E-state index in [9.17, 15) is 58.8 Å². The van der Waals surface area contributed by atoms with Crippen LogP contribution in [-0.4, -0.2) is 191 Å². The second kappa shape index (κ2) is 24.1. The Balaban J connectivity index is 0.00000882. The zero-order chi connectivity index (χ0) is 55.3. The van der Waals surface area contributed by atoms with E-state index in [1.54, 1.807) is 0 Å². The van der Waals surface area contributed by atoms with Crippen molar-refractivity contribution in [3.8, 4) is 49.4 Å². The van der Waals surface area contributed by atoms with Crippen LogP contribution < -0.4 is 0 Å². The molecular weight excluding hydrogens is 1010 g/mol. The van der Waals surface area contributed by atoms with Crippen LogP contribution in [0.3, 0.4) is 0 Å². The van der Waals surface area contributed by atoms with Crippen LogP contribution in [0.2, 0.25) is 0 Å². The monoisotopic (exact) mass is 1060 g/mol. The number of imide groups is 4. The third-order valence-corrected chi connectivity index (χ3v) is 13.0. The Hall–Kier alpha value is -8.64. The van der Waals surface area contributed by atoms with E-state index in [0.717, 1.165) is 19.6 Å². The number of hydrogen-bond acceptors (Lipinski definition) is 16. The molecule has 4 unspecified atom stereocenters. The largest absolute Gasteiger partial charge is 0.389 e. The summed E-state index contributed by atoms with van der Waals surface area (Å²) >= 11 is 0. The van der Waals surface area contributed by atoms with Crippen LogP contribution in [0, 0.1) is 54.8 Å². The Bertz CT molecular complexity index is 2870. The fraction of sp³-hybridized carbons (Fsp3) is 0.310. The summed E-state index contributed by atoms with van der Waals surface area (Å²) in [6, 6.07) is 17.2. The lowest BCUT2D eigenvalue weighted by Gasteiger charge is -2.34. The zero-order valence-electron chi connectivity index (χ0n) is 41.0. The van der Waals surface area contributed by atoms with Gasteiger partial charge in [0.15, 0.2) is 0 Å². The quantitative estimate of drug-likeness (QED) is 0.0568. The molecule has 0 saturated heterocycles. The third-order valence-electron chi connectivity index (χ3n) is 13.0. The highest BCUT2D eigenvalue weighted by molar-refractivity contribution is 6.23. The number of aliphatic hydroxyl groups excluding tert-OH is 4. The first-order valence-corrected chi connectivity index (χ1v) is 23.8. The van der Waals surface area contributed by atoms with Crippen LogP contribution in [0.5, 0.6) is 0 Å². The summed E-state index contributed by atoms with van der Waals surface area (Å²) < 4.78 is 24.0. The van der Waals surface area contributed by atoms with Crippen LogP contribution in [0.25, 0.3) is 0 Å². The number of hydrogen-bond donors (Lipinski definition) is 4. The highest BCUT2D eigenvalue weighted by Gasteiger charge is 2.42. The van der Waals surface area contributed by atoms with Gasteiger partial charge in [-0.3, -0.25) is 58.0 Å². The Morgan fingerprint density at radius 2 is 0.551 bits per heavy atom. The molecule has 4 aliphatic heterocycles. The van der Waals surface area contributed by atoms with Crippen LogP contribution in [0.15, 0.2) is 72.8 Å². The summed E-state index contributed by atoms with van der Waals surface area (Å²) in [5.74, 6) is 4.12. The molecule has 4 heterocycles. The molecule has 78 heavy (non-hydrogen) atoms. The van der Waals surface area contributed by atoms with Crippen LogP contribution >= 0.6 is 0 Å². The molecule has 4 N–H and O–H groups in total. The zero-order valence-corrected chi connectivity index (χ0v) is 41.0. The lowest BCUT2D eigenvalue weighted by molar-refractivity contribution is -0.132. The first-order valence-electron chi connectivity index (χ1n) is 23.8. The summed E-state index contributed by atoms with van der Waals surface area (Å²) in [5, 5.41) is 44.7. The Kier molecular flexibility index (Phi) is 17.7. The van der Waals surface area contributed by atoms with Crippen molar-refractivity contribution in [2.45, 2.75) is 31.8 Å². The van der Waals surface area contributed by atoms with Gasteiger partial charge in [-0.15, -0.1) is 25.7 Å². The molecule has 0 saturated carbocycles. The molecule has 0 radical (unpaired) electrons. The average molecular weight is 1060 g/mol. The van der Waals surface area contributed by atoms with E-state index in [1.165, 1.54) is 72.8 Å². The second-order valence-electron chi connectivity index (χ2n) is 18.7. The van der Waals surface area contributed by atoms with Crippen LogP contribution in [0.4, 0.5) is 0 Å². The van der Waals surface area contributed by atoms with Crippen molar-refractivity contribution in [1.82, 2.24) is 19.6 Å². The van der Waals surface area contributed by atoms with Gasteiger partial charge in [-0.25, -0.2) is 0 Å². The lowest BCUT2D eigenvalue weighted by Crippen LogP contribution is -2.46. The van der Waals surface area contributed by atoms with E-state index >= 15 is 0 Å². The van der Waals surface area contributed by atoms with Crippen molar-refractivity contribution < 1.29 is 77.7 Å². The Morgan fingerprint density at radius 1 is 0.359 bits per heavy atom. The average Bonchev–Trinajstić information content (AvgIpc) is 4.00. The first kappa shape index (κ1) is 57.1. The number of amides is 8. The molecule has 0 aliphatic carbocycles. The predicted molar refractivity (Wildman–Crippen MR) is 275 cm³/mol. The van der Waals surface area contributed by atoms with E-state index in [2.05, 4.69) is 23.7 Å². The lowest BCUT2D eigenvalue weighted by atomic mass is 9.92. The van der Waals surface area contributed by atoms with E-state index in [0.29, 0.717) is 22.3 Å². The normalized spacial score (nSPS) is 16.6. The van der Waals surface area contributed by atoms with Crippen molar-refractivity contribution in [1.29, 1.82) is 0 Å². The van der Waals surface area contributed by atoms with Crippen molar-refractivity contribution in [3.63, 3.8) is 0 Å². The van der Waals surface area contributed by atoms with Crippen molar-refractivity contribution in [2.24, 2.45) is 5.41 Å². The maximum Gasteiger partial charge on any atom is 0.261 e. The summed E-state index contributed by atoms with van der Waals surface area (Å²) in [5.41, 5.74) is 0.450. The van der Waals surface area contributed by atoms with Gasteiger partial charge in [0.25, 0.3) is 47.3 Å². The van der Waals surface area contributed by atoms with Crippen molar-refractivity contribution in [3.05, 3.63) is 140 Å². The Labute approximate surface area is 448 Å². The van der Waals surface area contributed by atoms with Gasteiger partial charge in [0.2, 0.25) is 0 Å². The van der Waals surface area contributed by atoms with Gasteiger partial charge in [0.05, 0.1) is 153 Å². The number of β-amino-alcohol motifs (C(OH)–C–C–N with tert-alkyl or cyclic N) is 4. The van der Waals surface area contributed by atoms with Crippen LogP contribution in [0.1, 0.15) is 113 Å². The minimum Gasteiger partial charge on any atom is -0.389 e. The highest BCUT2D eigenvalue weighted by Crippen LogP contribution is 2.29. The first-order chi connectivity index (χ1) is 36.9. The molecular formula is C58H52N4O16. The third kappa shape index (κ3) is 11.7. The molecule has 20 nitrogen and oxygen atoms in total. The number of ether oxygens (including phenoxy) is 4. The topological polar surface area (TPSA) is 267 Å². The molecule has 0 fully saturated rings. The van der Waals surface area contributed by atoms with Crippen molar-refractivity contribution in [2.75, 3.05) is 79.0 Å². The molecule has 4 atom stereocenters. The molecule has 4 aromatic carbocycles. The van der Waals surface area contributed by atoms with Gasteiger partial charge in [-0.05, 0) is 72.8 Å². The summed E-state index contributed by atoms with van der Waals surface area (Å²) in [6.07, 6.45) is 16.0. The summed E-state index contributed by atoms with van der Waals surface area (Å²) in [4.78, 5) is 109. The maximum absolute atomic E-state index is 13.3. The molecule has 4 aliphatic rings. The van der Waals surface area contributed by atoms with E-state index in [4.69, 9.17) is 44.6 Å². The fourth-order valence-electron chi connectivity index (χ4n) is 9.13. The summed E-state index contributed by atoms with van der Waals surface area (Å²) in [7, 11) is 0. The van der Waals surface area contributed by atoms with E-state index < -0.39 is 156 Å². The van der Waals surface area contributed by atoms with Gasteiger partial charge < -0.3 is 39.4 Å². The molecule has 0 aromatic heterocycles. The van der Waals surface area contributed by atoms with Gasteiger partial charge >= 0.3 is 0 Å². The Morgan fingerprint density at radius 3 is 0.744 bits per heavy atom. The number of carbonyl (C=O) groups excluding carboxylic acids is 8. The molecule has 20 heteroatoms. The SMILES string of the molecule is C.C#Cc1ccc2c(c1)C(=O)N(CC(O)COCC(COCC(O)CN1C(=O)c3ccc(C#C)cc3C1=O)(COCC(O)CN1C(=O)c3ccc(C#C)cc3C1=O)COCC(O)CN1C(=O)c3ccc(C#C)cc3C1=O)C2=O. The van der Waals surface area contributed by atoms with E-state index in [1.807, 2.05) is 0 Å². The smallest absolute Gasteiger partial charge is 0.261 e. The number of terminal acetylenes is 4. The molecule has 400 valence electrons. The fourth-order valence-corrected chi connectivity index (χ4v) is 9.13.